The van der Waals surface area contributed by atoms with Gasteiger partial charge in [-0.1, -0.05) is 33.6 Å². The monoisotopic (exact) mass is 238 g/mol. The SMILES string of the molecule is CCC1CCN(C2(CN)CC(C)CCC2C)C1. The Morgan fingerprint density at radius 3 is 2.59 bits per heavy atom. The summed E-state index contributed by atoms with van der Waals surface area (Å²) in [6.07, 6.45) is 6.81. The minimum Gasteiger partial charge on any atom is -0.329 e. The second-order valence-corrected chi connectivity index (χ2v) is 6.60. The molecular formula is C15H30N2. The van der Waals surface area contributed by atoms with Crippen molar-refractivity contribution in [1.29, 1.82) is 0 Å². The van der Waals surface area contributed by atoms with Crippen LogP contribution in [0.5, 0.6) is 0 Å². The van der Waals surface area contributed by atoms with Crippen LogP contribution in [0.4, 0.5) is 0 Å². The van der Waals surface area contributed by atoms with E-state index >= 15 is 0 Å². The van der Waals surface area contributed by atoms with Crippen LogP contribution in [0, 0.1) is 17.8 Å². The lowest BCUT2D eigenvalue weighted by molar-refractivity contribution is 0.0100. The van der Waals surface area contributed by atoms with Gasteiger partial charge in [0.25, 0.3) is 0 Å². The lowest BCUT2D eigenvalue weighted by atomic mass is 9.68. The number of likely N-dealkylation sites (tertiary alicyclic amines) is 1. The minimum absolute atomic E-state index is 0.321. The van der Waals surface area contributed by atoms with Gasteiger partial charge in [-0.2, -0.15) is 0 Å². The predicted molar refractivity (Wildman–Crippen MR) is 73.9 cm³/mol. The minimum atomic E-state index is 0.321. The van der Waals surface area contributed by atoms with Gasteiger partial charge in [0.15, 0.2) is 0 Å². The largest absolute Gasteiger partial charge is 0.329 e. The summed E-state index contributed by atoms with van der Waals surface area (Å²) in [6.45, 7) is 10.6. The standard InChI is InChI=1S/C15H30N2/c1-4-14-7-8-17(10-14)15(11-16)9-12(2)5-6-13(15)3/h12-14H,4-11,16H2,1-3H3. The highest BCUT2D eigenvalue weighted by Crippen LogP contribution is 2.42. The average molecular weight is 238 g/mol. The summed E-state index contributed by atoms with van der Waals surface area (Å²) in [5.74, 6) is 2.55. The first-order chi connectivity index (χ1) is 8.12. The van der Waals surface area contributed by atoms with Crippen molar-refractivity contribution in [2.24, 2.45) is 23.5 Å². The van der Waals surface area contributed by atoms with E-state index in [1.165, 1.54) is 45.2 Å². The van der Waals surface area contributed by atoms with Gasteiger partial charge in [-0.25, -0.2) is 0 Å². The highest BCUT2D eigenvalue weighted by atomic mass is 15.2. The Labute approximate surface area is 107 Å². The van der Waals surface area contributed by atoms with Crippen molar-refractivity contribution in [2.45, 2.75) is 58.4 Å². The molecule has 2 fully saturated rings. The van der Waals surface area contributed by atoms with Gasteiger partial charge in [-0.05, 0) is 43.6 Å². The zero-order chi connectivity index (χ0) is 12.5. The van der Waals surface area contributed by atoms with E-state index in [1.54, 1.807) is 0 Å². The second kappa shape index (κ2) is 5.27. The van der Waals surface area contributed by atoms with E-state index in [0.29, 0.717) is 5.54 Å². The zero-order valence-corrected chi connectivity index (χ0v) is 11.9. The molecule has 0 amide bonds. The maximum absolute atomic E-state index is 6.22. The van der Waals surface area contributed by atoms with Crippen LogP contribution in [-0.4, -0.2) is 30.1 Å². The Kier molecular flexibility index (Phi) is 4.14. The van der Waals surface area contributed by atoms with Crippen LogP contribution >= 0.6 is 0 Å². The van der Waals surface area contributed by atoms with Crippen LogP contribution in [-0.2, 0) is 0 Å². The van der Waals surface area contributed by atoms with Crippen molar-refractivity contribution >= 4 is 0 Å². The third-order valence-electron chi connectivity index (χ3n) is 5.56. The molecule has 2 nitrogen and oxygen atoms in total. The number of hydrogen-bond acceptors (Lipinski definition) is 2. The van der Waals surface area contributed by atoms with E-state index in [4.69, 9.17) is 5.73 Å². The Morgan fingerprint density at radius 1 is 1.24 bits per heavy atom. The Bertz CT molecular complexity index is 253. The van der Waals surface area contributed by atoms with Gasteiger partial charge >= 0.3 is 0 Å². The number of nitrogens with zero attached hydrogens (tertiary/aromatic N) is 1. The molecule has 4 atom stereocenters. The molecule has 1 aliphatic carbocycles. The molecule has 1 heterocycles. The molecule has 2 aliphatic rings. The Hall–Kier alpha value is -0.0800. The molecule has 0 bridgehead atoms. The molecule has 100 valence electrons. The molecule has 4 unspecified atom stereocenters. The lowest BCUT2D eigenvalue weighted by Gasteiger charge is -2.50. The molecule has 2 rings (SSSR count). The van der Waals surface area contributed by atoms with E-state index in [9.17, 15) is 0 Å². The molecule has 17 heavy (non-hydrogen) atoms. The van der Waals surface area contributed by atoms with Crippen molar-refractivity contribution in [1.82, 2.24) is 4.90 Å². The average Bonchev–Trinajstić information content (AvgIpc) is 2.81. The smallest absolute Gasteiger partial charge is 0.0359 e. The summed E-state index contributed by atoms with van der Waals surface area (Å²) >= 11 is 0. The van der Waals surface area contributed by atoms with E-state index in [-0.39, 0.29) is 0 Å². The topological polar surface area (TPSA) is 29.3 Å². The molecular weight excluding hydrogens is 208 g/mol. The fourth-order valence-corrected chi connectivity index (χ4v) is 4.13. The number of rotatable bonds is 3. The maximum Gasteiger partial charge on any atom is 0.0359 e. The summed E-state index contributed by atoms with van der Waals surface area (Å²) in [6, 6.07) is 0. The van der Waals surface area contributed by atoms with Crippen LogP contribution in [0.15, 0.2) is 0 Å². The van der Waals surface area contributed by atoms with Crippen molar-refractivity contribution in [3.63, 3.8) is 0 Å². The van der Waals surface area contributed by atoms with Crippen LogP contribution in [0.2, 0.25) is 0 Å². The van der Waals surface area contributed by atoms with Gasteiger partial charge in [0.05, 0.1) is 0 Å². The third-order valence-corrected chi connectivity index (χ3v) is 5.56. The van der Waals surface area contributed by atoms with Crippen LogP contribution in [0.3, 0.4) is 0 Å². The predicted octanol–water partition coefficient (Wildman–Crippen LogP) is 2.87. The van der Waals surface area contributed by atoms with E-state index in [2.05, 4.69) is 25.7 Å². The zero-order valence-electron chi connectivity index (χ0n) is 11.9. The summed E-state index contributed by atoms with van der Waals surface area (Å²) < 4.78 is 0. The van der Waals surface area contributed by atoms with Crippen LogP contribution in [0.25, 0.3) is 0 Å². The third kappa shape index (κ3) is 2.39. The Morgan fingerprint density at radius 2 is 2.00 bits per heavy atom. The molecule has 0 spiro atoms. The van der Waals surface area contributed by atoms with Crippen molar-refractivity contribution in [3.8, 4) is 0 Å². The molecule has 0 aromatic heterocycles. The quantitative estimate of drug-likeness (QED) is 0.819. The molecule has 0 aromatic rings. The summed E-state index contributed by atoms with van der Waals surface area (Å²) in [5.41, 5.74) is 6.54. The van der Waals surface area contributed by atoms with Crippen molar-refractivity contribution in [3.05, 3.63) is 0 Å². The molecule has 0 radical (unpaired) electrons. The first-order valence-electron chi connectivity index (χ1n) is 7.57. The summed E-state index contributed by atoms with van der Waals surface area (Å²) in [5, 5.41) is 0. The summed E-state index contributed by atoms with van der Waals surface area (Å²) in [4.78, 5) is 2.75. The molecule has 1 saturated heterocycles. The van der Waals surface area contributed by atoms with Crippen molar-refractivity contribution in [2.75, 3.05) is 19.6 Å². The van der Waals surface area contributed by atoms with Gasteiger partial charge in [0, 0.05) is 18.6 Å². The van der Waals surface area contributed by atoms with E-state index < -0.39 is 0 Å². The first-order valence-corrected chi connectivity index (χ1v) is 7.57. The van der Waals surface area contributed by atoms with Gasteiger partial charge < -0.3 is 5.73 Å². The van der Waals surface area contributed by atoms with Crippen LogP contribution < -0.4 is 5.73 Å². The van der Waals surface area contributed by atoms with Gasteiger partial charge in [-0.15, -0.1) is 0 Å². The normalized spacial score (nSPS) is 44.1. The van der Waals surface area contributed by atoms with Crippen LogP contribution in [0.1, 0.15) is 52.9 Å². The molecule has 0 aromatic carbocycles. The molecule has 2 N–H and O–H groups in total. The highest BCUT2D eigenvalue weighted by Gasteiger charge is 2.45. The fourth-order valence-electron chi connectivity index (χ4n) is 4.13. The van der Waals surface area contributed by atoms with Gasteiger partial charge in [0.1, 0.15) is 0 Å². The number of nitrogens with two attached hydrogens (primary N) is 1. The first kappa shape index (κ1) is 13.4. The highest BCUT2D eigenvalue weighted by molar-refractivity contribution is 5.02. The molecule has 1 aliphatic heterocycles. The van der Waals surface area contributed by atoms with E-state index in [0.717, 1.165) is 24.3 Å². The van der Waals surface area contributed by atoms with Gasteiger partial charge in [-0.3, -0.25) is 4.90 Å². The maximum atomic E-state index is 6.22. The summed E-state index contributed by atoms with van der Waals surface area (Å²) in [7, 11) is 0. The fraction of sp³-hybridized carbons (Fsp3) is 1.00. The number of hydrogen-bond donors (Lipinski definition) is 1. The van der Waals surface area contributed by atoms with Gasteiger partial charge in [0.2, 0.25) is 0 Å². The van der Waals surface area contributed by atoms with Crippen molar-refractivity contribution < 1.29 is 0 Å². The molecule has 1 saturated carbocycles. The lowest BCUT2D eigenvalue weighted by Crippen LogP contribution is -2.59. The second-order valence-electron chi connectivity index (χ2n) is 6.60. The molecule has 2 heteroatoms. The Balaban J connectivity index is 2.12. The van der Waals surface area contributed by atoms with E-state index in [1.807, 2.05) is 0 Å².